The van der Waals surface area contributed by atoms with Gasteiger partial charge in [-0.3, -0.25) is 0 Å². The second kappa shape index (κ2) is 4.34. The normalized spacial score (nSPS) is 15.2. The minimum Gasteiger partial charge on any atom is -0.360 e. The van der Waals surface area contributed by atoms with Crippen LogP contribution in [0, 0.1) is 6.92 Å². The summed E-state index contributed by atoms with van der Waals surface area (Å²) in [5.74, 6) is 0.716. The minimum atomic E-state index is 0.716. The molecule has 1 aliphatic rings. The van der Waals surface area contributed by atoms with Crippen LogP contribution in [0.3, 0.4) is 0 Å². The van der Waals surface area contributed by atoms with Crippen molar-refractivity contribution < 1.29 is 0 Å². The molecule has 2 aromatic heterocycles. The first-order chi connectivity index (χ1) is 8.28. The van der Waals surface area contributed by atoms with Crippen LogP contribution in [-0.2, 0) is 0 Å². The van der Waals surface area contributed by atoms with Crippen molar-refractivity contribution in [3.05, 3.63) is 10.7 Å². The summed E-state index contributed by atoms with van der Waals surface area (Å²) in [5, 5.41) is 14.7. The molecule has 1 aliphatic carbocycles. The highest BCUT2D eigenvalue weighted by Gasteiger charge is 2.28. The summed E-state index contributed by atoms with van der Waals surface area (Å²) in [5.41, 5.74) is 1.09. The Hall–Kier alpha value is -1.01. The number of anilines is 1. The topological polar surface area (TPSA) is 50.7 Å². The molecular formula is C11H14N4S2. The molecule has 90 valence electrons. The average molecular weight is 266 g/mol. The van der Waals surface area contributed by atoms with E-state index in [0.29, 0.717) is 5.92 Å². The van der Waals surface area contributed by atoms with E-state index in [1.807, 2.05) is 0 Å². The highest BCUT2D eigenvalue weighted by Crippen LogP contribution is 2.45. The summed E-state index contributed by atoms with van der Waals surface area (Å²) >= 11 is 3.39. The van der Waals surface area contributed by atoms with Gasteiger partial charge in [-0.15, -0.1) is 21.5 Å². The van der Waals surface area contributed by atoms with Gasteiger partial charge in [-0.1, -0.05) is 11.3 Å². The second-order valence-corrected chi connectivity index (χ2v) is 6.19. The van der Waals surface area contributed by atoms with Crippen LogP contribution >= 0.6 is 22.7 Å². The van der Waals surface area contributed by atoms with Gasteiger partial charge in [-0.05, 0) is 26.7 Å². The number of hydrogen-bond donors (Lipinski definition) is 1. The van der Waals surface area contributed by atoms with E-state index in [1.54, 1.807) is 22.7 Å². The van der Waals surface area contributed by atoms with E-state index in [4.69, 9.17) is 0 Å². The Bertz CT molecular complexity index is 527. The lowest BCUT2D eigenvalue weighted by Crippen LogP contribution is -1.94. The van der Waals surface area contributed by atoms with Gasteiger partial charge in [0.25, 0.3) is 0 Å². The minimum absolute atomic E-state index is 0.716. The highest BCUT2D eigenvalue weighted by molar-refractivity contribution is 7.23. The van der Waals surface area contributed by atoms with E-state index in [-0.39, 0.29) is 0 Å². The van der Waals surface area contributed by atoms with Gasteiger partial charge in [0, 0.05) is 12.5 Å². The highest BCUT2D eigenvalue weighted by atomic mass is 32.1. The molecular weight excluding hydrogens is 252 g/mol. The largest absolute Gasteiger partial charge is 0.360 e. The number of rotatable bonds is 4. The zero-order chi connectivity index (χ0) is 11.8. The van der Waals surface area contributed by atoms with Gasteiger partial charge in [0.2, 0.25) is 5.13 Å². The fourth-order valence-electron chi connectivity index (χ4n) is 1.66. The monoisotopic (exact) mass is 266 g/mol. The number of nitrogens with one attached hydrogen (secondary N) is 1. The van der Waals surface area contributed by atoms with Crippen molar-refractivity contribution in [2.24, 2.45) is 0 Å². The third-order valence-electron chi connectivity index (χ3n) is 2.69. The molecule has 1 N–H and O–H groups in total. The van der Waals surface area contributed by atoms with E-state index < -0.39 is 0 Å². The smallest absolute Gasteiger partial charge is 0.206 e. The van der Waals surface area contributed by atoms with Crippen LogP contribution in [0.15, 0.2) is 0 Å². The standard InChI is InChI=1S/C11H14N4S2/c1-3-12-11-15-14-10(17-11)8-6(2)13-9(16-8)7-4-5-7/h7H,3-5H2,1-2H3,(H,12,15). The Balaban J connectivity index is 1.90. The van der Waals surface area contributed by atoms with Crippen molar-refractivity contribution in [3.8, 4) is 9.88 Å². The van der Waals surface area contributed by atoms with Crippen LogP contribution < -0.4 is 5.32 Å². The fraction of sp³-hybridized carbons (Fsp3) is 0.545. The molecule has 4 nitrogen and oxygen atoms in total. The zero-order valence-corrected chi connectivity index (χ0v) is 11.5. The van der Waals surface area contributed by atoms with Crippen molar-refractivity contribution in [1.82, 2.24) is 15.2 Å². The molecule has 2 heterocycles. The zero-order valence-electron chi connectivity index (χ0n) is 9.86. The van der Waals surface area contributed by atoms with E-state index in [1.165, 1.54) is 22.7 Å². The first kappa shape index (κ1) is 11.1. The summed E-state index contributed by atoms with van der Waals surface area (Å²) in [7, 11) is 0. The van der Waals surface area contributed by atoms with Gasteiger partial charge in [0.15, 0.2) is 5.01 Å². The van der Waals surface area contributed by atoms with E-state index in [0.717, 1.165) is 22.4 Å². The maximum atomic E-state index is 4.64. The van der Waals surface area contributed by atoms with Crippen LogP contribution in [0.1, 0.15) is 36.4 Å². The molecule has 0 radical (unpaired) electrons. The molecule has 2 aromatic rings. The van der Waals surface area contributed by atoms with Crippen molar-refractivity contribution in [1.29, 1.82) is 0 Å². The van der Waals surface area contributed by atoms with Crippen LogP contribution in [0.4, 0.5) is 5.13 Å². The summed E-state index contributed by atoms with van der Waals surface area (Å²) in [6.07, 6.45) is 2.59. The maximum absolute atomic E-state index is 4.64. The van der Waals surface area contributed by atoms with Gasteiger partial charge in [-0.2, -0.15) is 0 Å². The third kappa shape index (κ3) is 2.19. The van der Waals surface area contributed by atoms with Gasteiger partial charge < -0.3 is 5.32 Å². The van der Waals surface area contributed by atoms with Crippen molar-refractivity contribution in [2.75, 3.05) is 11.9 Å². The third-order valence-corrected chi connectivity index (χ3v) is 5.04. The Kier molecular flexibility index (Phi) is 2.84. The van der Waals surface area contributed by atoms with Crippen LogP contribution in [0.5, 0.6) is 0 Å². The van der Waals surface area contributed by atoms with Gasteiger partial charge >= 0.3 is 0 Å². The lowest BCUT2D eigenvalue weighted by molar-refractivity contribution is 1.05. The number of nitrogens with zero attached hydrogens (tertiary/aromatic N) is 3. The lowest BCUT2D eigenvalue weighted by Gasteiger charge is -1.91. The van der Waals surface area contributed by atoms with E-state index in [2.05, 4.69) is 34.3 Å². The predicted octanol–water partition coefficient (Wildman–Crippen LogP) is 3.28. The molecule has 17 heavy (non-hydrogen) atoms. The quantitative estimate of drug-likeness (QED) is 0.922. The molecule has 0 saturated heterocycles. The van der Waals surface area contributed by atoms with Gasteiger partial charge in [0.1, 0.15) is 0 Å². The molecule has 0 unspecified atom stereocenters. The summed E-state index contributed by atoms with van der Waals surface area (Å²) < 4.78 is 0. The van der Waals surface area contributed by atoms with Crippen LogP contribution in [-0.4, -0.2) is 21.7 Å². The van der Waals surface area contributed by atoms with Gasteiger partial charge in [0.05, 0.1) is 15.6 Å². The van der Waals surface area contributed by atoms with E-state index in [9.17, 15) is 0 Å². The first-order valence-electron chi connectivity index (χ1n) is 5.83. The molecule has 0 aromatic carbocycles. The van der Waals surface area contributed by atoms with Crippen molar-refractivity contribution in [2.45, 2.75) is 32.6 Å². The molecule has 1 saturated carbocycles. The molecule has 0 atom stereocenters. The molecule has 1 fully saturated rings. The molecule has 0 aliphatic heterocycles. The van der Waals surface area contributed by atoms with Gasteiger partial charge in [-0.25, -0.2) is 4.98 Å². The SMILES string of the molecule is CCNc1nnc(-c2sc(C3CC3)nc2C)s1. The first-order valence-corrected chi connectivity index (χ1v) is 7.46. The summed E-state index contributed by atoms with van der Waals surface area (Å²) in [6.45, 7) is 5.00. The van der Waals surface area contributed by atoms with Crippen molar-refractivity contribution >= 4 is 27.8 Å². The predicted molar refractivity (Wildman–Crippen MR) is 71.9 cm³/mol. The summed E-state index contributed by atoms with van der Waals surface area (Å²) in [6, 6.07) is 0. The number of hydrogen-bond acceptors (Lipinski definition) is 6. The van der Waals surface area contributed by atoms with E-state index >= 15 is 0 Å². The summed E-state index contributed by atoms with van der Waals surface area (Å²) in [4.78, 5) is 5.83. The number of thiazole rings is 1. The maximum Gasteiger partial charge on any atom is 0.206 e. The number of aryl methyl sites for hydroxylation is 1. The lowest BCUT2D eigenvalue weighted by atomic mass is 10.4. The average Bonchev–Trinajstić information content (AvgIpc) is 2.94. The Morgan fingerprint density at radius 3 is 2.82 bits per heavy atom. The molecule has 6 heteroatoms. The Morgan fingerprint density at radius 1 is 1.29 bits per heavy atom. The van der Waals surface area contributed by atoms with Crippen molar-refractivity contribution in [3.63, 3.8) is 0 Å². The van der Waals surface area contributed by atoms with Crippen LogP contribution in [0.2, 0.25) is 0 Å². The Morgan fingerprint density at radius 2 is 2.12 bits per heavy atom. The molecule has 3 rings (SSSR count). The molecule has 0 spiro atoms. The second-order valence-electron chi connectivity index (χ2n) is 4.18. The fourth-order valence-corrected chi connectivity index (χ4v) is 3.83. The molecule has 0 bridgehead atoms. The Labute approximate surface area is 108 Å². The van der Waals surface area contributed by atoms with Crippen LogP contribution in [0.25, 0.3) is 9.88 Å². The number of aromatic nitrogens is 3. The molecule has 0 amide bonds.